The van der Waals surface area contributed by atoms with Gasteiger partial charge in [0.05, 0.1) is 16.8 Å². The Morgan fingerprint density at radius 2 is 1.18 bits per heavy atom. The van der Waals surface area contributed by atoms with Crippen LogP contribution in [0.4, 0.5) is 16.2 Å². The maximum absolute atomic E-state index is 13.3. The lowest BCUT2D eigenvalue weighted by Crippen LogP contribution is -2.51. The summed E-state index contributed by atoms with van der Waals surface area (Å²) < 4.78 is 29.7. The van der Waals surface area contributed by atoms with E-state index in [-0.39, 0.29) is 26.5 Å². The molecule has 4 aromatic rings. The molecular weight excluding hydrogens is 713 g/mol. The van der Waals surface area contributed by atoms with Gasteiger partial charge in [-0.2, -0.15) is 0 Å². The minimum atomic E-state index is -0.591. The molecule has 304 valence electrons. The summed E-state index contributed by atoms with van der Waals surface area (Å²) in [4.78, 5) is 15.0. The van der Waals surface area contributed by atoms with E-state index in [1.807, 2.05) is 65.0 Å². The first-order valence-corrected chi connectivity index (χ1v) is 19.0. The van der Waals surface area contributed by atoms with E-state index in [0.29, 0.717) is 0 Å². The van der Waals surface area contributed by atoms with Crippen molar-refractivity contribution in [2.75, 3.05) is 24.4 Å². The Labute approximate surface area is 340 Å². The summed E-state index contributed by atoms with van der Waals surface area (Å²) in [5.74, 6) is 1.70. The Kier molecular flexibility index (Phi) is 11.6. The molecule has 0 radical (unpaired) electrons. The number of hydrogen-bond donors (Lipinski definition) is 1. The van der Waals surface area contributed by atoms with E-state index in [9.17, 15) is 4.79 Å². The Hall–Kier alpha value is -5.05. The van der Waals surface area contributed by atoms with E-state index in [2.05, 4.69) is 89.3 Å². The van der Waals surface area contributed by atoms with Gasteiger partial charge in [-0.05, 0) is 134 Å². The quantitative estimate of drug-likeness (QED) is 0.217. The van der Waals surface area contributed by atoms with E-state index in [1.54, 1.807) is 19.1 Å². The van der Waals surface area contributed by atoms with Crippen LogP contribution in [0.5, 0.6) is 11.5 Å². The maximum Gasteiger partial charge on any atom is 0.415 e. The number of carbonyl (C=O) groups is 1. The number of amides is 1. The van der Waals surface area contributed by atoms with Crippen LogP contribution in [0, 0.1) is 13.8 Å². The summed E-state index contributed by atoms with van der Waals surface area (Å²) in [5.41, 5.74) is 14.2. The van der Waals surface area contributed by atoms with Crippen molar-refractivity contribution in [3.63, 3.8) is 0 Å². The second-order valence-electron chi connectivity index (χ2n) is 17.1. The van der Waals surface area contributed by atoms with Crippen LogP contribution < -0.4 is 19.7 Å². The standard InChI is InChI=1S/C26H31NO4.C21H23NO2.2CH4/c1-15-10-9-11-19-20(15)17-12-13-18-21(22(17)23(29-8)30-19)16(2)14-26(6,7)27(18)24(28)31-25(3,4)5;1-12-7-6-8-16-17(12)14-9-10-15-18(19(14)20(23-5)24-16)13(2)11-21(3,4)22-15;;/h9-14,23H,1-8H3;6-11,20,22H,1-5H3;2*1H4. The van der Waals surface area contributed by atoms with Gasteiger partial charge >= 0.3 is 6.09 Å². The van der Waals surface area contributed by atoms with Crippen molar-refractivity contribution in [3.05, 3.63) is 106 Å². The first kappa shape index (κ1) is 43.1. The number of methoxy groups -OCH3 is 2. The normalized spacial score (nSPS) is 18.7. The minimum absolute atomic E-state index is 0. The van der Waals surface area contributed by atoms with Crippen molar-refractivity contribution in [2.45, 2.75) is 120 Å². The van der Waals surface area contributed by atoms with Crippen molar-refractivity contribution in [3.8, 4) is 33.8 Å². The van der Waals surface area contributed by atoms with Gasteiger partial charge in [-0.3, -0.25) is 4.90 Å². The van der Waals surface area contributed by atoms with E-state index >= 15 is 0 Å². The van der Waals surface area contributed by atoms with Gasteiger partial charge < -0.3 is 29.0 Å². The topological polar surface area (TPSA) is 78.5 Å². The Balaban J connectivity index is 0.000000216. The number of benzene rings is 4. The van der Waals surface area contributed by atoms with Crippen LogP contribution in [0.15, 0.2) is 72.8 Å². The average Bonchev–Trinajstić information content (AvgIpc) is 3.08. The predicted octanol–water partition coefficient (Wildman–Crippen LogP) is 13.2. The molecule has 0 bridgehead atoms. The van der Waals surface area contributed by atoms with Crippen molar-refractivity contribution in [2.24, 2.45) is 0 Å². The van der Waals surface area contributed by atoms with Crippen LogP contribution in [0.3, 0.4) is 0 Å². The molecule has 1 amide bonds. The van der Waals surface area contributed by atoms with Gasteiger partial charge in [0.1, 0.15) is 17.1 Å². The maximum atomic E-state index is 13.3. The molecule has 0 saturated carbocycles. The highest BCUT2D eigenvalue weighted by molar-refractivity contribution is 6.00. The fourth-order valence-electron chi connectivity index (χ4n) is 8.75. The molecule has 2 atom stereocenters. The fourth-order valence-corrected chi connectivity index (χ4v) is 8.75. The first-order valence-electron chi connectivity index (χ1n) is 19.0. The van der Waals surface area contributed by atoms with Gasteiger partial charge in [-0.15, -0.1) is 0 Å². The lowest BCUT2D eigenvalue weighted by atomic mass is 9.82. The SMILES string of the molecule is C.C.COC1Oc2cccc(C)c2-c2ccc3c(c21)C(C)=CC(C)(C)N3.COC1Oc2cccc(C)c2-c2ccc3c(c21)C(C)=CC(C)(C)N3C(=O)OC(C)(C)C. The monoisotopic (exact) mass is 774 g/mol. The third-order valence-electron chi connectivity index (χ3n) is 10.6. The molecule has 4 aliphatic heterocycles. The number of fused-ring (bicyclic) bond motifs is 10. The van der Waals surface area contributed by atoms with E-state index < -0.39 is 23.7 Å². The Morgan fingerprint density at radius 3 is 1.68 bits per heavy atom. The highest BCUT2D eigenvalue weighted by Crippen LogP contribution is 2.53. The molecule has 0 fully saturated rings. The summed E-state index contributed by atoms with van der Waals surface area (Å²) in [7, 11) is 3.35. The van der Waals surface area contributed by atoms with Gasteiger partial charge in [-0.1, -0.05) is 63.4 Å². The highest BCUT2D eigenvalue weighted by Gasteiger charge is 2.42. The van der Waals surface area contributed by atoms with Crippen molar-refractivity contribution >= 4 is 28.6 Å². The second kappa shape index (κ2) is 15.4. The first-order chi connectivity index (χ1) is 25.9. The largest absolute Gasteiger partial charge is 0.460 e. The van der Waals surface area contributed by atoms with Gasteiger partial charge in [-0.25, -0.2) is 4.79 Å². The van der Waals surface area contributed by atoms with Gasteiger partial charge in [0.25, 0.3) is 0 Å². The predicted molar refractivity (Wildman–Crippen MR) is 235 cm³/mol. The molecule has 1 N–H and O–H groups in total. The Bertz CT molecular complexity index is 2270. The van der Waals surface area contributed by atoms with E-state index in [0.717, 1.165) is 61.8 Å². The number of nitrogens with zero attached hydrogens (tertiary/aromatic N) is 1. The molecule has 4 aliphatic rings. The number of ether oxygens (including phenoxy) is 5. The lowest BCUT2D eigenvalue weighted by molar-refractivity contribution is -0.0581. The van der Waals surface area contributed by atoms with E-state index in [1.165, 1.54) is 27.8 Å². The van der Waals surface area contributed by atoms with Gasteiger partial charge in [0.2, 0.25) is 12.6 Å². The molecular formula is C49H62N2O6. The third-order valence-corrected chi connectivity index (χ3v) is 10.6. The molecule has 0 saturated heterocycles. The number of aryl methyl sites for hydroxylation is 2. The third kappa shape index (κ3) is 7.58. The number of allylic oxidation sites excluding steroid dienone is 2. The zero-order valence-corrected chi connectivity index (χ0v) is 34.5. The molecule has 4 aromatic carbocycles. The molecule has 0 spiro atoms. The molecule has 0 aliphatic carbocycles. The van der Waals surface area contributed by atoms with Crippen LogP contribution in [0.25, 0.3) is 33.4 Å². The van der Waals surface area contributed by atoms with Gasteiger partial charge in [0.15, 0.2) is 0 Å². The molecule has 8 nitrogen and oxygen atoms in total. The highest BCUT2D eigenvalue weighted by atomic mass is 16.7. The van der Waals surface area contributed by atoms with Crippen molar-refractivity contribution in [1.82, 2.24) is 0 Å². The van der Waals surface area contributed by atoms with Crippen LogP contribution in [-0.4, -0.2) is 37.0 Å². The molecule has 57 heavy (non-hydrogen) atoms. The summed E-state index contributed by atoms with van der Waals surface area (Å²) in [6.45, 7) is 22.5. The van der Waals surface area contributed by atoms with Crippen molar-refractivity contribution in [1.29, 1.82) is 0 Å². The number of nitrogens with one attached hydrogen (secondary N) is 1. The van der Waals surface area contributed by atoms with Crippen LogP contribution >= 0.6 is 0 Å². The fraction of sp³-hybridized carbons (Fsp3) is 0.408. The summed E-state index contributed by atoms with van der Waals surface area (Å²) in [6.07, 6.45) is 3.06. The number of hydrogen-bond acceptors (Lipinski definition) is 7. The molecule has 8 rings (SSSR count). The summed E-state index contributed by atoms with van der Waals surface area (Å²) in [6, 6.07) is 20.7. The van der Waals surface area contributed by atoms with Gasteiger partial charge in [0, 0.05) is 53.3 Å². The number of carbonyl (C=O) groups excluding carboxylic acids is 1. The minimum Gasteiger partial charge on any atom is -0.460 e. The molecule has 0 aromatic heterocycles. The summed E-state index contributed by atoms with van der Waals surface area (Å²) >= 11 is 0. The zero-order valence-electron chi connectivity index (χ0n) is 34.5. The van der Waals surface area contributed by atoms with Crippen LogP contribution in [0.2, 0.25) is 0 Å². The van der Waals surface area contributed by atoms with E-state index in [4.69, 9.17) is 23.7 Å². The molecule has 8 heteroatoms. The average molecular weight is 775 g/mol. The zero-order chi connectivity index (χ0) is 39.8. The number of anilines is 2. The Morgan fingerprint density at radius 1 is 0.684 bits per heavy atom. The molecule has 4 heterocycles. The van der Waals surface area contributed by atoms with Crippen LogP contribution in [-0.2, 0) is 14.2 Å². The van der Waals surface area contributed by atoms with Crippen molar-refractivity contribution < 1.29 is 28.5 Å². The lowest BCUT2D eigenvalue weighted by Gasteiger charge is -2.43. The van der Waals surface area contributed by atoms with Crippen LogP contribution in [0.1, 0.15) is 123 Å². The smallest absolute Gasteiger partial charge is 0.415 e. The second-order valence-corrected chi connectivity index (χ2v) is 17.1. The number of rotatable bonds is 2. The summed E-state index contributed by atoms with van der Waals surface area (Å²) in [5, 5.41) is 3.61. The molecule has 2 unspecified atom stereocenters.